The maximum atomic E-state index is 13.6. The number of rotatable bonds is 11. The second kappa shape index (κ2) is 11.7. The topological polar surface area (TPSA) is 145 Å². The van der Waals surface area contributed by atoms with E-state index < -0.39 is 43.3 Å². The molecule has 11 nitrogen and oxygen atoms in total. The second-order valence-electron chi connectivity index (χ2n) is 9.19. The molecule has 0 saturated carbocycles. The van der Waals surface area contributed by atoms with Crippen LogP contribution in [-0.4, -0.2) is 41.6 Å². The van der Waals surface area contributed by atoms with Crippen LogP contribution in [0.5, 0.6) is 11.6 Å². The van der Waals surface area contributed by atoms with Gasteiger partial charge in [0, 0.05) is 30.3 Å². The number of nitrogens with one attached hydrogen (secondary N) is 2. The van der Waals surface area contributed by atoms with Crippen LogP contribution >= 0.6 is 0 Å². The number of ether oxygens (including phenoxy) is 1. The lowest BCUT2D eigenvalue weighted by atomic mass is 10.2. The third-order valence-electron chi connectivity index (χ3n) is 5.63. The van der Waals surface area contributed by atoms with E-state index in [1.54, 1.807) is 20.8 Å². The van der Waals surface area contributed by atoms with Gasteiger partial charge in [-0.3, -0.25) is 14.9 Å². The van der Waals surface area contributed by atoms with Crippen molar-refractivity contribution in [2.24, 2.45) is 5.92 Å². The van der Waals surface area contributed by atoms with Crippen LogP contribution in [0.3, 0.4) is 0 Å². The van der Waals surface area contributed by atoms with Gasteiger partial charge in [0.15, 0.2) is 5.69 Å². The Labute approximate surface area is 220 Å². The molecule has 0 radical (unpaired) electrons. The van der Waals surface area contributed by atoms with Gasteiger partial charge in [0.05, 0.1) is 10.6 Å². The molecule has 0 saturated heterocycles. The fraction of sp³-hybridized carbons (Fsp3) is 0.360. The summed E-state index contributed by atoms with van der Waals surface area (Å²) in [6.45, 7) is 9.28. The van der Waals surface area contributed by atoms with Gasteiger partial charge in [0.2, 0.25) is 15.9 Å². The first-order chi connectivity index (χ1) is 17.8. The zero-order valence-corrected chi connectivity index (χ0v) is 22.5. The van der Waals surface area contributed by atoms with E-state index in [1.807, 2.05) is 13.8 Å². The van der Waals surface area contributed by atoms with E-state index in [1.165, 1.54) is 35.0 Å². The second-order valence-corrected chi connectivity index (χ2v) is 10.9. The summed E-state index contributed by atoms with van der Waals surface area (Å²) in [5.74, 6) is -1.01. The Morgan fingerprint density at radius 1 is 1.18 bits per heavy atom. The van der Waals surface area contributed by atoms with Gasteiger partial charge < -0.3 is 10.1 Å². The van der Waals surface area contributed by atoms with Gasteiger partial charge >= 0.3 is 0 Å². The van der Waals surface area contributed by atoms with E-state index in [2.05, 4.69) is 15.1 Å². The molecule has 0 bridgehead atoms. The number of nitrogens with zero attached hydrogens (tertiary/aromatic N) is 3. The highest BCUT2D eigenvalue weighted by atomic mass is 32.2. The van der Waals surface area contributed by atoms with Gasteiger partial charge in [0.25, 0.3) is 11.6 Å². The number of carbonyl (C=O) groups is 1. The van der Waals surface area contributed by atoms with Gasteiger partial charge in [-0.1, -0.05) is 20.8 Å². The Balaban J connectivity index is 2.18. The highest BCUT2D eigenvalue weighted by Gasteiger charge is 2.28. The van der Waals surface area contributed by atoms with Gasteiger partial charge in [-0.15, -0.1) is 0 Å². The van der Waals surface area contributed by atoms with Crippen molar-refractivity contribution in [1.82, 2.24) is 19.8 Å². The molecule has 2 N–H and O–H groups in total. The summed E-state index contributed by atoms with van der Waals surface area (Å²) in [5.41, 5.74) is 0.206. The molecule has 0 aliphatic rings. The van der Waals surface area contributed by atoms with Crippen LogP contribution in [0.25, 0.3) is 5.69 Å². The SMILES string of the molecule is CC[C@@H](C)NS(=O)(=O)c1cc([N+](=O)[O-])ccc1Oc1c(C)c(C(=O)NCC(C)C)nn1-c1ccc(F)cc1. The first-order valence-electron chi connectivity index (χ1n) is 12.0. The molecule has 0 unspecified atom stereocenters. The Morgan fingerprint density at radius 2 is 1.84 bits per heavy atom. The molecule has 38 heavy (non-hydrogen) atoms. The molecule has 1 aromatic heterocycles. The summed E-state index contributed by atoms with van der Waals surface area (Å²) in [6, 6.07) is 7.98. The van der Waals surface area contributed by atoms with E-state index >= 15 is 0 Å². The van der Waals surface area contributed by atoms with Crippen LogP contribution in [0.1, 0.15) is 50.2 Å². The van der Waals surface area contributed by atoms with Crippen molar-refractivity contribution >= 4 is 21.6 Å². The van der Waals surface area contributed by atoms with Crippen molar-refractivity contribution in [3.63, 3.8) is 0 Å². The molecule has 204 valence electrons. The number of benzene rings is 2. The van der Waals surface area contributed by atoms with E-state index in [9.17, 15) is 27.7 Å². The Bertz CT molecular complexity index is 1440. The molecular weight excluding hydrogens is 517 g/mol. The largest absolute Gasteiger partial charge is 0.437 e. The van der Waals surface area contributed by atoms with Gasteiger partial charge in [-0.05, 0) is 56.5 Å². The summed E-state index contributed by atoms with van der Waals surface area (Å²) in [6.07, 6.45) is 0.482. The third-order valence-corrected chi connectivity index (χ3v) is 7.24. The Kier molecular flexibility index (Phi) is 8.84. The first kappa shape index (κ1) is 28.7. The number of halogens is 1. The smallest absolute Gasteiger partial charge is 0.272 e. The highest BCUT2D eigenvalue weighted by molar-refractivity contribution is 7.89. The highest BCUT2D eigenvalue weighted by Crippen LogP contribution is 2.35. The number of nitro benzene ring substituents is 1. The van der Waals surface area contributed by atoms with Gasteiger partial charge in [-0.25, -0.2) is 17.5 Å². The van der Waals surface area contributed by atoms with Crippen molar-refractivity contribution in [3.05, 3.63) is 69.7 Å². The van der Waals surface area contributed by atoms with Crippen molar-refractivity contribution < 1.29 is 27.3 Å². The standard InChI is InChI=1S/C25H30FN5O6S/c1-6-16(4)29-38(35,36)22-13-20(31(33)34)11-12-21(22)37-25-17(5)23(24(32)27-14-15(2)3)28-30(25)19-9-7-18(26)8-10-19/h7-13,15-16,29H,6,14H2,1-5H3,(H,27,32)/t16-/m1/s1. The number of amides is 1. The molecule has 1 amide bonds. The molecule has 0 aliphatic heterocycles. The van der Waals surface area contributed by atoms with Crippen molar-refractivity contribution in [2.75, 3.05) is 6.54 Å². The molecule has 3 aromatic rings. The monoisotopic (exact) mass is 547 g/mol. The van der Waals surface area contributed by atoms with Crippen LogP contribution < -0.4 is 14.8 Å². The molecule has 0 fully saturated rings. The summed E-state index contributed by atoms with van der Waals surface area (Å²) in [5, 5.41) is 18.5. The minimum absolute atomic E-state index is 0.0138. The zero-order valence-electron chi connectivity index (χ0n) is 21.7. The number of nitro groups is 1. The quantitative estimate of drug-likeness (QED) is 0.266. The summed E-state index contributed by atoms with van der Waals surface area (Å²) >= 11 is 0. The predicted octanol–water partition coefficient (Wildman–Crippen LogP) is 4.48. The number of aromatic nitrogens is 2. The van der Waals surface area contributed by atoms with Crippen molar-refractivity contribution in [3.8, 4) is 17.3 Å². The van der Waals surface area contributed by atoms with E-state index in [4.69, 9.17) is 4.74 Å². The number of hydrogen-bond donors (Lipinski definition) is 2. The maximum Gasteiger partial charge on any atom is 0.272 e. The number of hydrogen-bond acceptors (Lipinski definition) is 7. The van der Waals surface area contributed by atoms with Crippen LogP contribution in [0.4, 0.5) is 10.1 Å². The molecule has 0 spiro atoms. The lowest BCUT2D eigenvalue weighted by Gasteiger charge is -2.16. The van der Waals surface area contributed by atoms with Gasteiger partial charge in [-0.2, -0.15) is 9.78 Å². The zero-order chi connectivity index (χ0) is 28.2. The molecule has 2 aromatic carbocycles. The van der Waals surface area contributed by atoms with E-state index in [0.717, 1.165) is 12.1 Å². The van der Waals surface area contributed by atoms with Crippen LogP contribution in [0, 0.1) is 28.8 Å². The minimum atomic E-state index is -4.24. The van der Waals surface area contributed by atoms with Crippen molar-refractivity contribution in [2.45, 2.75) is 52.0 Å². The average molecular weight is 548 g/mol. The molecule has 1 heterocycles. The summed E-state index contributed by atoms with van der Waals surface area (Å²) < 4.78 is 49.7. The van der Waals surface area contributed by atoms with Gasteiger partial charge in [0.1, 0.15) is 16.5 Å². The molecule has 1 atom stereocenters. The number of carbonyl (C=O) groups excluding carboxylic acids is 1. The number of sulfonamides is 1. The van der Waals surface area contributed by atoms with Crippen LogP contribution in [-0.2, 0) is 10.0 Å². The average Bonchev–Trinajstić information content (AvgIpc) is 3.18. The number of non-ortho nitro benzene ring substituents is 1. The fourth-order valence-corrected chi connectivity index (χ4v) is 4.85. The summed E-state index contributed by atoms with van der Waals surface area (Å²) in [7, 11) is -4.24. The lowest BCUT2D eigenvalue weighted by molar-refractivity contribution is -0.385. The van der Waals surface area contributed by atoms with E-state index in [-0.39, 0.29) is 28.8 Å². The molecule has 3 rings (SSSR count). The molecular formula is C25H30FN5O6S. The summed E-state index contributed by atoms with van der Waals surface area (Å²) in [4.78, 5) is 23.1. The maximum absolute atomic E-state index is 13.6. The first-order valence-corrected chi connectivity index (χ1v) is 13.4. The minimum Gasteiger partial charge on any atom is -0.437 e. The van der Waals surface area contributed by atoms with Crippen LogP contribution in [0.2, 0.25) is 0 Å². The lowest BCUT2D eigenvalue weighted by Crippen LogP contribution is -2.32. The van der Waals surface area contributed by atoms with E-state index in [0.29, 0.717) is 18.7 Å². The third kappa shape index (κ3) is 6.53. The Hall–Kier alpha value is -3.84. The fourth-order valence-electron chi connectivity index (χ4n) is 3.37. The predicted molar refractivity (Wildman–Crippen MR) is 139 cm³/mol. The molecule has 13 heteroatoms. The van der Waals surface area contributed by atoms with Crippen LogP contribution in [0.15, 0.2) is 47.4 Å². The van der Waals surface area contributed by atoms with Crippen molar-refractivity contribution in [1.29, 1.82) is 0 Å². The molecule has 0 aliphatic carbocycles. The Morgan fingerprint density at radius 3 is 2.42 bits per heavy atom. The normalized spacial score (nSPS) is 12.4.